The third-order valence-corrected chi connectivity index (χ3v) is 5.89. The molecule has 0 spiro atoms. The van der Waals surface area contributed by atoms with E-state index in [1.165, 1.54) is 0 Å². The second-order valence-electron chi connectivity index (χ2n) is 7.93. The Morgan fingerprint density at radius 3 is 2.74 bits per heavy atom. The van der Waals surface area contributed by atoms with E-state index in [1.807, 2.05) is 36.5 Å². The highest BCUT2D eigenvalue weighted by molar-refractivity contribution is 7.92. The van der Waals surface area contributed by atoms with Crippen LogP contribution in [0.1, 0.15) is 5.56 Å². The van der Waals surface area contributed by atoms with Gasteiger partial charge in [0, 0.05) is 17.4 Å². The van der Waals surface area contributed by atoms with Gasteiger partial charge < -0.3 is 14.8 Å². The molecule has 2 N–H and O–H groups in total. The number of hydrogen-bond acceptors (Lipinski definition) is 7. The fraction of sp³-hybridized carbons (Fsp3) is 0.167. The van der Waals surface area contributed by atoms with Crippen molar-refractivity contribution in [3.8, 4) is 11.1 Å². The molecule has 1 aliphatic rings. The highest BCUT2D eigenvalue weighted by Gasteiger charge is 2.21. The van der Waals surface area contributed by atoms with Crippen molar-refractivity contribution in [2.75, 3.05) is 23.1 Å². The number of aromatic nitrogens is 3. The van der Waals surface area contributed by atoms with Gasteiger partial charge in [0.2, 0.25) is 16.8 Å². The first-order chi connectivity index (χ1) is 16.4. The molecule has 174 valence electrons. The number of ether oxygens (including phenoxy) is 2. The normalized spacial score (nSPS) is 14.2. The Morgan fingerprint density at radius 2 is 1.97 bits per heavy atom. The van der Waals surface area contributed by atoms with Crippen molar-refractivity contribution in [1.29, 1.82) is 0 Å². The number of fused-ring (bicyclic) bond motifs is 1. The highest BCUT2D eigenvalue weighted by Crippen LogP contribution is 2.27. The van der Waals surface area contributed by atoms with Crippen LogP contribution in [0.15, 0.2) is 85.1 Å². The van der Waals surface area contributed by atoms with Gasteiger partial charge in [0.25, 0.3) is 0 Å². The van der Waals surface area contributed by atoms with E-state index in [1.54, 1.807) is 35.2 Å². The number of anilines is 2. The van der Waals surface area contributed by atoms with Crippen LogP contribution in [0.4, 0.5) is 11.5 Å². The van der Waals surface area contributed by atoms with Crippen LogP contribution in [0.5, 0.6) is 0 Å². The third-order valence-electron chi connectivity index (χ3n) is 5.29. The van der Waals surface area contributed by atoms with Gasteiger partial charge in [0.15, 0.2) is 11.4 Å². The lowest BCUT2D eigenvalue weighted by Crippen LogP contribution is -2.26. The average molecular weight is 478 g/mol. The second-order valence-corrected chi connectivity index (χ2v) is 9.68. The standard InChI is InChI=1S/C24H23N5O4S/c1-34(30,31)28-19-9-5-8-18(13-19)20-14-25-29-11-10-23(27-24(20)29)26-21(22-15-32-16-33-22)12-17-6-3-2-4-7-17/h2-11,13-15,21,28H,12,16H2,1H3,(H,26,27). The Hall–Kier alpha value is -4.05. The molecule has 0 saturated heterocycles. The van der Waals surface area contributed by atoms with Gasteiger partial charge in [0.1, 0.15) is 12.1 Å². The fourth-order valence-electron chi connectivity index (χ4n) is 3.80. The van der Waals surface area contributed by atoms with Crippen molar-refractivity contribution in [3.63, 3.8) is 0 Å². The lowest BCUT2D eigenvalue weighted by atomic mass is 10.0. The summed E-state index contributed by atoms with van der Waals surface area (Å²) in [7, 11) is -3.38. The molecule has 0 aliphatic carbocycles. The molecule has 0 radical (unpaired) electrons. The van der Waals surface area contributed by atoms with Gasteiger partial charge in [-0.05, 0) is 35.7 Å². The summed E-state index contributed by atoms with van der Waals surface area (Å²) < 4.78 is 38.4. The second kappa shape index (κ2) is 9.06. The predicted molar refractivity (Wildman–Crippen MR) is 130 cm³/mol. The zero-order valence-electron chi connectivity index (χ0n) is 18.4. The van der Waals surface area contributed by atoms with Gasteiger partial charge in [0.05, 0.1) is 18.5 Å². The summed E-state index contributed by atoms with van der Waals surface area (Å²) in [6.07, 6.45) is 6.98. The van der Waals surface area contributed by atoms with E-state index >= 15 is 0 Å². The zero-order chi connectivity index (χ0) is 23.5. The number of sulfonamides is 1. The maximum absolute atomic E-state index is 11.6. The summed E-state index contributed by atoms with van der Waals surface area (Å²) in [5.41, 5.74) is 3.83. The van der Waals surface area contributed by atoms with Crippen molar-refractivity contribution in [1.82, 2.24) is 14.6 Å². The first-order valence-electron chi connectivity index (χ1n) is 10.6. The molecule has 10 heteroatoms. The number of benzene rings is 2. The van der Waals surface area contributed by atoms with Crippen LogP contribution < -0.4 is 10.0 Å². The van der Waals surface area contributed by atoms with Crippen LogP contribution in [-0.2, 0) is 25.9 Å². The van der Waals surface area contributed by atoms with Crippen LogP contribution in [0.2, 0.25) is 0 Å². The van der Waals surface area contributed by atoms with Gasteiger partial charge in [-0.2, -0.15) is 5.10 Å². The summed E-state index contributed by atoms with van der Waals surface area (Å²) in [6.45, 7) is 0.194. The molecular weight excluding hydrogens is 454 g/mol. The number of hydrogen-bond donors (Lipinski definition) is 2. The van der Waals surface area contributed by atoms with E-state index in [0.29, 0.717) is 29.3 Å². The van der Waals surface area contributed by atoms with Gasteiger partial charge in [-0.15, -0.1) is 0 Å². The summed E-state index contributed by atoms with van der Waals surface area (Å²) in [5, 5.41) is 7.85. The van der Waals surface area contributed by atoms with Crippen LogP contribution in [-0.4, -0.2) is 42.1 Å². The van der Waals surface area contributed by atoms with Gasteiger partial charge in [-0.3, -0.25) is 4.72 Å². The number of rotatable bonds is 8. The summed E-state index contributed by atoms with van der Waals surface area (Å²) >= 11 is 0. The minimum absolute atomic E-state index is 0.173. The molecule has 4 aromatic rings. The topological polar surface area (TPSA) is 107 Å². The molecule has 0 saturated carbocycles. The zero-order valence-corrected chi connectivity index (χ0v) is 19.2. The molecule has 0 bridgehead atoms. The SMILES string of the molecule is CS(=O)(=O)Nc1cccc(-c2cnn3ccc(NC(Cc4ccccc4)C4=COCO4)nc23)c1. The maximum atomic E-state index is 11.6. The predicted octanol–water partition coefficient (Wildman–Crippen LogP) is 3.64. The molecule has 9 nitrogen and oxygen atoms in total. The number of nitrogens with one attached hydrogen (secondary N) is 2. The maximum Gasteiger partial charge on any atom is 0.229 e. The molecule has 1 unspecified atom stereocenters. The number of nitrogens with zero attached hydrogens (tertiary/aromatic N) is 3. The molecule has 2 aromatic carbocycles. The molecule has 34 heavy (non-hydrogen) atoms. The smallest absolute Gasteiger partial charge is 0.229 e. The quantitative estimate of drug-likeness (QED) is 0.399. The van der Waals surface area contributed by atoms with Crippen molar-refractivity contribution < 1.29 is 17.9 Å². The average Bonchev–Trinajstić information content (AvgIpc) is 3.49. The Morgan fingerprint density at radius 1 is 1.12 bits per heavy atom. The van der Waals surface area contributed by atoms with Gasteiger partial charge >= 0.3 is 0 Å². The molecule has 5 rings (SSSR count). The van der Waals surface area contributed by atoms with Crippen molar-refractivity contribution in [3.05, 3.63) is 90.6 Å². The molecule has 1 aliphatic heterocycles. The van der Waals surface area contributed by atoms with E-state index in [-0.39, 0.29) is 12.8 Å². The Labute approximate surface area is 197 Å². The molecule has 1 atom stereocenters. The Balaban J connectivity index is 1.46. The molecular formula is C24H23N5O4S. The molecule has 0 fully saturated rings. The van der Waals surface area contributed by atoms with Gasteiger partial charge in [-0.25, -0.2) is 17.9 Å². The molecule has 3 heterocycles. The van der Waals surface area contributed by atoms with Crippen molar-refractivity contribution in [2.45, 2.75) is 12.5 Å². The first-order valence-corrected chi connectivity index (χ1v) is 12.5. The fourth-order valence-corrected chi connectivity index (χ4v) is 4.36. The lowest BCUT2D eigenvalue weighted by Gasteiger charge is -2.19. The van der Waals surface area contributed by atoms with E-state index in [9.17, 15) is 8.42 Å². The van der Waals surface area contributed by atoms with Crippen LogP contribution in [0.25, 0.3) is 16.8 Å². The largest absolute Gasteiger partial charge is 0.462 e. The van der Waals surface area contributed by atoms with Crippen LogP contribution in [0.3, 0.4) is 0 Å². The van der Waals surface area contributed by atoms with E-state index < -0.39 is 10.0 Å². The van der Waals surface area contributed by atoms with E-state index in [0.717, 1.165) is 22.9 Å². The Bertz CT molecular complexity index is 1450. The summed E-state index contributed by atoms with van der Waals surface area (Å²) in [5.74, 6) is 1.36. The lowest BCUT2D eigenvalue weighted by molar-refractivity contribution is 0.0764. The Kier molecular flexibility index (Phi) is 5.81. The monoisotopic (exact) mass is 477 g/mol. The minimum atomic E-state index is -3.38. The van der Waals surface area contributed by atoms with Gasteiger partial charge in [-0.1, -0.05) is 42.5 Å². The van der Waals surface area contributed by atoms with Crippen molar-refractivity contribution in [2.24, 2.45) is 0 Å². The van der Waals surface area contributed by atoms with Crippen LogP contribution >= 0.6 is 0 Å². The minimum Gasteiger partial charge on any atom is -0.462 e. The summed E-state index contributed by atoms with van der Waals surface area (Å²) in [6, 6.07) is 18.9. The van der Waals surface area contributed by atoms with Crippen LogP contribution in [0, 0.1) is 0 Å². The van der Waals surface area contributed by atoms with E-state index in [4.69, 9.17) is 14.5 Å². The highest BCUT2D eigenvalue weighted by atomic mass is 32.2. The molecule has 2 aromatic heterocycles. The third kappa shape index (κ3) is 4.96. The van der Waals surface area contributed by atoms with Crippen molar-refractivity contribution >= 4 is 27.2 Å². The van der Waals surface area contributed by atoms with E-state index in [2.05, 4.69) is 27.3 Å². The molecule has 0 amide bonds. The summed E-state index contributed by atoms with van der Waals surface area (Å²) in [4.78, 5) is 4.80. The first kappa shape index (κ1) is 21.8.